The summed E-state index contributed by atoms with van der Waals surface area (Å²) >= 11 is 0. The molecule has 2 aromatic carbocycles. The topological polar surface area (TPSA) is 82.8 Å². The monoisotopic (exact) mass is 453 g/mol. The fraction of sp³-hybridized carbons (Fsp3) is 0.292. The fourth-order valence-corrected chi connectivity index (χ4v) is 5.59. The Kier molecular flexibility index (Phi) is 6.34. The van der Waals surface area contributed by atoms with Crippen molar-refractivity contribution in [3.05, 3.63) is 88.3 Å². The lowest BCUT2D eigenvalue weighted by molar-refractivity contribution is 0.246. The number of piperazine rings is 1. The number of pyridine rings is 1. The van der Waals surface area contributed by atoms with Crippen molar-refractivity contribution in [2.75, 3.05) is 31.1 Å². The average molecular weight is 454 g/mol. The van der Waals surface area contributed by atoms with Crippen LogP contribution in [0, 0.1) is 0 Å². The van der Waals surface area contributed by atoms with E-state index in [4.69, 9.17) is 0 Å². The van der Waals surface area contributed by atoms with Gasteiger partial charge >= 0.3 is 5.56 Å². The smallest absolute Gasteiger partial charge is 0.306 e. The van der Waals surface area contributed by atoms with Gasteiger partial charge in [0.15, 0.2) is 5.75 Å². The largest absolute Gasteiger partial charge is 0.503 e. The number of aromatic nitrogens is 1. The van der Waals surface area contributed by atoms with Gasteiger partial charge in [-0.3, -0.25) is 9.69 Å². The van der Waals surface area contributed by atoms with Crippen molar-refractivity contribution in [3.8, 4) is 5.75 Å². The lowest BCUT2D eigenvalue weighted by atomic mass is 10.2. The summed E-state index contributed by atoms with van der Waals surface area (Å²) in [6.45, 7) is 5.47. The summed E-state index contributed by atoms with van der Waals surface area (Å²) in [7, 11) is -4.10. The first kappa shape index (κ1) is 22.1. The van der Waals surface area contributed by atoms with Crippen molar-refractivity contribution in [2.45, 2.75) is 24.8 Å². The Morgan fingerprint density at radius 2 is 1.53 bits per heavy atom. The molecule has 8 heteroatoms. The molecule has 7 nitrogen and oxygen atoms in total. The molecule has 1 saturated heterocycles. The Morgan fingerprint density at radius 3 is 2.22 bits per heavy atom. The third-order valence-corrected chi connectivity index (χ3v) is 7.66. The lowest BCUT2D eigenvalue weighted by Crippen LogP contribution is -2.46. The van der Waals surface area contributed by atoms with Crippen LogP contribution >= 0.6 is 0 Å². The summed E-state index contributed by atoms with van der Waals surface area (Å²) in [4.78, 5) is 17.3. The number of nitrogens with zero attached hydrogens (tertiary/aromatic N) is 3. The first-order valence-corrected chi connectivity index (χ1v) is 12.1. The van der Waals surface area contributed by atoms with Crippen LogP contribution in [-0.4, -0.2) is 48.6 Å². The summed E-state index contributed by atoms with van der Waals surface area (Å²) in [6, 6.07) is 18.3. The van der Waals surface area contributed by atoms with E-state index in [-0.39, 0.29) is 4.90 Å². The van der Waals surface area contributed by atoms with E-state index in [1.165, 1.54) is 24.0 Å². The average Bonchev–Trinajstić information content (AvgIpc) is 2.83. The Labute approximate surface area is 188 Å². The van der Waals surface area contributed by atoms with Crippen LogP contribution in [0.15, 0.2) is 76.6 Å². The van der Waals surface area contributed by atoms with Crippen molar-refractivity contribution in [3.63, 3.8) is 0 Å². The number of anilines is 1. The Bertz CT molecular complexity index is 1250. The quantitative estimate of drug-likeness (QED) is 0.618. The van der Waals surface area contributed by atoms with Gasteiger partial charge in [-0.1, -0.05) is 43.3 Å². The molecule has 1 aromatic heterocycles. The molecule has 0 bridgehead atoms. The molecule has 1 aliphatic heterocycles. The van der Waals surface area contributed by atoms with Crippen LogP contribution in [0.5, 0.6) is 5.75 Å². The van der Waals surface area contributed by atoms with Gasteiger partial charge in [0.1, 0.15) is 0 Å². The highest BCUT2D eigenvalue weighted by atomic mass is 32.2. The first-order valence-electron chi connectivity index (χ1n) is 10.7. The van der Waals surface area contributed by atoms with Gasteiger partial charge in [-0.2, -0.15) is 0 Å². The van der Waals surface area contributed by atoms with E-state index in [2.05, 4.69) is 21.9 Å². The molecular weight excluding hydrogens is 426 g/mol. The Morgan fingerprint density at radius 1 is 0.875 bits per heavy atom. The van der Waals surface area contributed by atoms with Crippen molar-refractivity contribution in [1.82, 2.24) is 8.87 Å². The number of aryl methyl sites for hydroxylation is 1. The van der Waals surface area contributed by atoms with Gasteiger partial charge in [0.25, 0.3) is 10.0 Å². The molecule has 0 spiro atoms. The standard InChI is InChI=1S/C24H27N3O4S/c1-2-19-8-6-7-11-22(19)32(30,31)27-13-12-20(23(28)24(27)29)18-25-14-16-26(17-15-25)21-9-4-3-5-10-21/h3-13,28H,2,14-18H2,1H3. The zero-order valence-corrected chi connectivity index (χ0v) is 18.8. The number of hydrogen-bond acceptors (Lipinski definition) is 6. The van der Waals surface area contributed by atoms with E-state index in [9.17, 15) is 18.3 Å². The van der Waals surface area contributed by atoms with Gasteiger partial charge < -0.3 is 10.0 Å². The van der Waals surface area contributed by atoms with E-state index in [0.29, 0.717) is 28.1 Å². The van der Waals surface area contributed by atoms with E-state index >= 15 is 0 Å². The third kappa shape index (κ3) is 4.28. The van der Waals surface area contributed by atoms with Gasteiger partial charge in [-0.15, -0.1) is 0 Å². The molecule has 0 amide bonds. The second-order valence-electron chi connectivity index (χ2n) is 7.86. The molecule has 0 aliphatic carbocycles. The number of hydrogen-bond donors (Lipinski definition) is 1. The van der Waals surface area contributed by atoms with Gasteiger partial charge in [0.2, 0.25) is 0 Å². The van der Waals surface area contributed by atoms with Crippen LogP contribution < -0.4 is 10.5 Å². The third-order valence-electron chi connectivity index (χ3n) is 5.90. The highest BCUT2D eigenvalue weighted by Gasteiger charge is 2.25. The van der Waals surface area contributed by atoms with Crippen LogP contribution in [0.4, 0.5) is 5.69 Å². The first-order chi connectivity index (χ1) is 15.4. The molecule has 2 heterocycles. The fourth-order valence-electron chi connectivity index (χ4n) is 4.06. The number of aromatic hydroxyl groups is 1. The van der Waals surface area contributed by atoms with E-state index < -0.39 is 21.3 Å². The summed E-state index contributed by atoms with van der Waals surface area (Å²) < 4.78 is 26.8. The maximum Gasteiger partial charge on any atom is 0.306 e. The van der Waals surface area contributed by atoms with E-state index in [1.807, 2.05) is 25.1 Å². The molecule has 0 radical (unpaired) electrons. The van der Waals surface area contributed by atoms with Crippen molar-refractivity contribution < 1.29 is 13.5 Å². The van der Waals surface area contributed by atoms with Crippen molar-refractivity contribution in [2.24, 2.45) is 0 Å². The summed E-state index contributed by atoms with van der Waals surface area (Å²) in [5.74, 6) is -0.518. The summed E-state index contributed by atoms with van der Waals surface area (Å²) in [5.41, 5.74) is 1.31. The Balaban J connectivity index is 1.52. The molecule has 3 aromatic rings. The molecule has 32 heavy (non-hydrogen) atoms. The molecule has 0 unspecified atom stereocenters. The predicted octanol–water partition coefficient (Wildman–Crippen LogP) is 2.68. The van der Waals surface area contributed by atoms with E-state index in [0.717, 1.165) is 26.2 Å². The van der Waals surface area contributed by atoms with Crippen LogP contribution in [-0.2, 0) is 23.0 Å². The Hall–Kier alpha value is -3.10. The molecule has 0 atom stereocenters. The van der Waals surface area contributed by atoms with Crippen molar-refractivity contribution >= 4 is 15.7 Å². The SMILES string of the molecule is CCc1ccccc1S(=O)(=O)n1ccc(CN2CCN(c3ccccc3)CC2)c(O)c1=O. The normalized spacial score (nSPS) is 15.1. The number of rotatable bonds is 6. The van der Waals surface area contributed by atoms with Crippen molar-refractivity contribution in [1.29, 1.82) is 0 Å². The zero-order chi connectivity index (χ0) is 22.7. The molecule has 1 aliphatic rings. The molecule has 1 fully saturated rings. The molecule has 1 N–H and O–H groups in total. The second-order valence-corrected chi connectivity index (χ2v) is 9.64. The highest BCUT2D eigenvalue weighted by molar-refractivity contribution is 7.90. The second kappa shape index (κ2) is 9.18. The van der Waals surface area contributed by atoms with Crippen LogP contribution in [0.1, 0.15) is 18.1 Å². The van der Waals surface area contributed by atoms with Gasteiger partial charge in [0.05, 0.1) is 4.90 Å². The lowest BCUT2D eigenvalue weighted by Gasteiger charge is -2.36. The zero-order valence-electron chi connectivity index (χ0n) is 18.0. The van der Waals surface area contributed by atoms with E-state index in [1.54, 1.807) is 18.2 Å². The van der Waals surface area contributed by atoms with Crippen LogP contribution in [0.2, 0.25) is 0 Å². The number of para-hydroxylation sites is 1. The summed E-state index contributed by atoms with van der Waals surface area (Å²) in [6.07, 6.45) is 1.77. The molecule has 0 saturated carbocycles. The van der Waals surface area contributed by atoms with Gasteiger partial charge in [-0.25, -0.2) is 12.4 Å². The minimum atomic E-state index is -4.10. The predicted molar refractivity (Wildman–Crippen MR) is 125 cm³/mol. The van der Waals surface area contributed by atoms with Crippen LogP contribution in [0.25, 0.3) is 0 Å². The molecule has 4 rings (SSSR count). The summed E-state index contributed by atoms with van der Waals surface area (Å²) in [5, 5.41) is 10.5. The molecule has 168 valence electrons. The van der Waals surface area contributed by atoms with Gasteiger partial charge in [-0.05, 0) is 36.2 Å². The van der Waals surface area contributed by atoms with Crippen LogP contribution in [0.3, 0.4) is 0 Å². The number of benzene rings is 2. The molecular formula is C24H27N3O4S. The minimum Gasteiger partial charge on any atom is -0.503 e. The maximum atomic E-state index is 13.1. The minimum absolute atomic E-state index is 0.0776. The van der Waals surface area contributed by atoms with Gasteiger partial charge in [0, 0.05) is 50.2 Å². The maximum absolute atomic E-state index is 13.1. The highest BCUT2D eigenvalue weighted by Crippen LogP contribution is 2.22.